The zero-order chi connectivity index (χ0) is 29.4. The maximum absolute atomic E-state index is 6.81. The summed E-state index contributed by atoms with van der Waals surface area (Å²) >= 11 is 0. The number of nitrogens with one attached hydrogen (secondary N) is 1. The molecule has 6 aromatic carbocycles. The number of fused-ring (bicyclic) bond motifs is 6. The fourth-order valence-corrected chi connectivity index (χ4v) is 5.00. The van der Waals surface area contributed by atoms with Gasteiger partial charge in [-0.15, -0.1) is 6.58 Å². The third kappa shape index (κ3) is 6.42. The van der Waals surface area contributed by atoms with Crippen molar-refractivity contribution in [2.75, 3.05) is 7.05 Å². The van der Waals surface area contributed by atoms with Gasteiger partial charge in [0.2, 0.25) is 0 Å². The Balaban J connectivity index is 0.000000337. The van der Waals surface area contributed by atoms with Crippen molar-refractivity contribution in [1.29, 1.82) is 5.41 Å². The second kappa shape index (κ2) is 13.4. The predicted octanol–water partition coefficient (Wildman–Crippen LogP) is 9.85. The van der Waals surface area contributed by atoms with Gasteiger partial charge in [-0.05, 0) is 74.3 Å². The molecule has 3 nitrogen and oxygen atoms in total. The van der Waals surface area contributed by atoms with Crippen molar-refractivity contribution in [3.05, 3.63) is 133 Å². The van der Waals surface area contributed by atoms with Crippen LogP contribution in [0.3, 0.4) is 0 Å². The zero-order valence-corrected chi connectivity index (χ0v) is 24.1. The lowest BCUT2D eigenvalue weighted by Crippen LogP contribution is -2.17. The van der Waals surface area contributed by atoms with E-state index >= 15 is 0 Å². The highest BCUT2D eigenvalue weighted by atomic mass is 14.7. The van der Waals surface area contributed by atoms with Crippen LogP contribution in [-0.2, 0) is 0 Å². The van der Waals surface area contributed by atoms with E-state index < -0.39 is 0 Å². The van der Waals surface area contributed by atoms with E-state index in [9.17, 15) is 0 Å². The van der Waals surface area contributed by atoms with Gasteiger partial charge in [-0.3, -0.25) is 5.41 Å². The Labute approximate surface area is 243 Å². The Morgan fingerprint density at radius 1 is 0.683 bits per heavy atom. The summed E-state index contributed by atoms with van der Waals surface area (Å²) in [6.45, 7) is 10.6. The molecule has 0 spiro atoms. The molecule has 0 radical (unpaired) electrons. The fourth-order valence-electron chi connectivity index (χ4n) is 5.00. The van der Waals surface area contributed by atoms with Crippen LogP contribution in [0.2, 0.25) is 0 Å². The number of nitrogens with two attached hydrogens (primary N) is 1. The molecule has 0 heterocycles. The number of aliphatic imine (C=N–C) groups is 1. The van der Waals surface area contributed by atoms with E-state index in [0.717, 1.165) is 0 Å². The standard InChI is InChI=1S/C31H22.C5H10N2.C2H5N/c1-21-9-8-10-22(19-21)24-11-2-3-12-25(24)23-17-18-30-28-15-5-4-13-26(28)27-14-6-7-16-29(27)31(30)20-23;1-3-4(2)5(6)7;1-3-2/h2-20H,1H3;3-4H,1H2,2H3,(H3,6,7);1H2,2H3. The van der Waals surface area contributed by atoms with Crippen LogP contribution in [0.25, 0.3) is 54.6 Å². The predicted molar refractivity (Wildman–Crippen MR) is 181 cm³/mol. The van der Waals surface area contributed by atoms with E-state index in [2.05, 4.69) is 140 Å². The summed E-state index contributed by atoms with van der Waals surface area (Å²) < 4.78 is 0. The SMILES string of the molecule is C=CC(C)C(=N)N.C=NC.Cc1cccc(-c2ccccc2-c2ccc3c4ccccc4c4ccccc4c3c2)c1. The van der Waals surface area contributed by atoms with Crippen LogP contribution in [0.15, 0.2) is 133 Å². The lowest BCUT2D eigenvalue weighted by atomic mass is 9.89. The minimum Gasteiger partial charge on any atom is -0.387 e. The van der Waals surface area contributed by atoms with Crippen molar-refractivity contribution >= 4 is 44.9 Å². The monoisotopic (exact) mass is 535 g/mol. The number of aryl methyl sites for hydroxylation is 1. The van der Waals surface area contributed by atoms with E-state index in [-0.39, 0.29) is 11.8 Å². The zero-order valence-electron chi connectivity index (χ0n) is 24.1. The van der Waals surface area contributed by atoms with Gasteiger partial charge >= 0.3 is 0 Å². The summed E-state index contributed by atoms with van der Waals surface area (Å²) in [5.41, 5.74) is 11.4. The van der Waals surface area contributed by atoms with Crippen LogP contribution < -0.4 is 5.73 Å². The van der Waals surface area contributed by atoms with Crippen LogP contribution in [0.1, 0.15) is 12.5 Å². The second-order valence-electron chi connectivity index (χ2n) is 10.1. The number of amidine groups is 1. The summed E-state index contributed by atoms with van der Waals surface area (Å²) in [5, 5.41) is 14.7. The molecule has 0 aliphatic heterocycles. The van der Waals surface area contributed by atoms with E-state index in [1.807, 2.05) is 6.92 Å². The first-order valence-electron chi connectivity index (χ1n) is 13.7. The largest absolute Gasteiger partial charge is 0.387 e. The molecule has 0 saturated carbocycles. The normalized spacial score (nSPS) is 11.1. The van der Waals surface area contributed by atoms with Crippen molar-refractivity contribution in [3.8, 4) is 22.3 Å². The molecule has 3 N–H and O–H groups in total. The fraction of sp³-hybridized carbons (Fsp3) is 0.105. The van der Waals surface area contributed by atoms with E-state index in [1.165, 1.54) is 60.1 Å². The van der Waals surface area contributed by atoms with E-state index in [1.54, 1.807) is 13.1 Å². The quantitative estimate of drug-likeness (QED) is 0.100. The van der Waals surface area contributed by atoms with Crippen molar-refractivity contribution in [3.63, 3.8) is 0 Å². The second-order valence-corrected chi connectivity index (χ2v) is 10.1. The van der Waals surface area contributed by atoms with Gasteiger partial charge in [0.1, 0.15) is 0 Å². The van der Waals surface area contributed by atoms with Gasteiger partial charge < -0.3 is 10.7 Å². The van der Waals surface area contributed by atoms with Gasteiger partial charge in [0.05, 0.1) is 5.84 Å². The first-order valence-corrected chi connectivity index (χ1v) is 13.7. The Hall–Kier alpha value is -5.02. The highest BCUT2D eigenvalue weighted by Gasteiger charge is 2.12. The van der Waals surface area contributed by atoms with Crippen molar-refractivity contribution < 1.29 is 0 Å². The topological polar surface area (TPSA) is 62.2 Å². The summed E-state index contributed by atoms with van der Waals surface area (Å²) in [7, 11) is 1.64. The Kier molecular flexibility index (Phi) is 9.44. The molecule has 0 fully saturated rings. The molecule has 0 aliphatic rings. The van der Waals surface area contributed by atoms with Crippen LogP contribution in [0.5, 0.6) is 0 Å². The average Bonchev–Trinajstić information content (AvgIpc) is 3.01. The lowest BCUT2D eigenvalue weighted by Gasteiger charge is -2.14. The molecule has 6 aromatic rings. The number of benzene rings is 6. The Bertz CT molecular complexity index is 1810. The molecule has 0 aliphatic carbocycles. The Morgan fingerprint density at radius 2 is 1.12 bits per heavy atom. The Morgan fingerprint density at radius 3 is 1.56 bits per heavy atom. The van der Waals surface area contributed by atoms with Crippen LogP contribution >= 0.6 is 0 Å². The smallest absolute Gasteiger partial charge is 0.0972 e. The van der Waals surface area contributed by atoms with Crippen LogP contribution in [-0.4, -0.2) is 19.6 Å². The minimum absolute atomic E-state index is 0.0278. The van der Waals surface area contributed by atoms with Gasteiger partial charge in [0, 0.05) is 13.0 Å². The highest BCUT2D eigenvalue weighted by molar-refractivity contribution is 6.25. The molecule has 0 saturated heterocycles. The molecule has 41 heavy (non-hydrogen) atoms. The minimum atomic E-state index is 0.0278. The molecule has 1 unspecified atom stereocenters. The first-order chi connectivity index (χ1) is 19.9. The first kappa shape index (κ1) is 29.0. The van der Waals surface area contributed by atoms with Gasteiger partial charge in [0.25, 0.3) is 0 Å². The third-order valence-corrected chi connectivity index (χ3v) is 7.16. The van der Waals surface area contributed by atoms with Crippen molar-refractivity contribution in [2.45, 2.75) is 13.8 Å². The molecule has 0 bridgehead atoms. The highest BCUT2D eigenvalue weighted by Crippen LogP contribution is 2.39. The third-order valence-electron chi connectivity index (χ3n) is 7.16. The molecule has 1 atom stereocenters. The molecule has 0 amide bonds. The number of hydrogen-bond donors (Lipinski definition) is 2. The molecule has 0 aromatic heterocycles. The van der Waals surface area contributed by atoms with Crippen molar-refractivity contribution in [2.24, 2.45) is 16.6 Å². The summed E-state index contributed by atoms with van der Waals surface area (Å²) in [6, 6.07) is 42.0. The van der Waals surface area contributed by atoms with Gasteiger partial charge in [-0.2, -0.15) is 0 Å². The van der Waals surface area contributed by atoms with Gasteiger partial charge in [-0.1, -0.05) is 128 Å². The molecule has 204 valence electrons. The van der Waals surface area contributed by atoms with Gasteiger partial charge in [-0.25, -0.2) is 0 Å². The van der Waals surface area contributed by atoms with E-state index in [4.69, 9.17) is 11.1 Å². The molecular weight excluding hydrogens is 498 g/mol. The summed E-state index contributed by atoms with van der Waals surface area (Å²) in [6.07, 6.45) is 1.64. The number of hydrogen-bond acceptors (Lipinski definition) is 2. The van der Waals surface area contributed by atoms with Crippen LogP contribution in [0, 0.1) is 18.3 Å². The van der Waals surface area contributed by atoms with Crippen LogP contribution in [0.4, 0.5) is 0 Å². The molecular formula is C38H37N3. The summed E-state index contributed by atoms with van der Waals surface area (Å²) in [4.78, 5) is 3.25. The molecule has 3 heteroatoms. The van der Waals surface area contributed by atoms with Gasteiger partial charge in [0.15, 0.2) is 0 Å². The molecule has 6 rings (SSSR count). The lowest BCUT2D eigenvalue weighted by molar-refractivity contribution is 0.973. The number of nitrogens with zero attached hydrogens (tertiary/aromatic N) is 1. The average molecular weight is 536 g/mol. The van der Waals surface area contributed by atoms with Crippen molar-refractivity contribution in [1.82, 2.24) is 0 Å². The summed E-state index contributed by atoms with van der Waals surface area (Å²) in [5.74, 6) is 0.204. The maximum Gasteiger partial charge on any atom is 0.0972 e. The number of rotatable bonds is 4. The maximum atomic E-state index is 6.81. The van der Waals surface area contributed by atoms with E-state index in [0.29, 0.717) is 0 Å².